The summed E-state index contributed by atoms with van der Waals surface area (Å²) >= 11 is 0. The number of aromatic hydroxyl groups is 1. The number of hydrogen-bond acceptors (Lipinski definition) is 7. The van der Waals surface area contributed by atoms with E-state index in [2.05, 4.69) is 16.4 Å². The van der Waals surface area contributed by atoms with Gasteiger partial charge in [-0.25, -0.2) is 0 Å². The molecule has 0 saturated heterocycles. The molecule has 2 rings (SSSR count). The molecule has 29 heavy (non-hydrogen) atoms. The van der Waals surface area contributed by atoms with Crippen LogP contribution in [-0.4, -0.2) is 41.8 Å². The Kier molecular flexibility index (Phi) is 6.55. The molecule has 1 atom stereocenters. The van der Waals surface area contributed by atoms with E-state index < -0.39 is 22.8 Å². The SMILES string of the molecule is CC[C@@H](Nc1c(Nc2cccc(C(=O)N(C)C)c2O)c(=O)c1=O)C(=O)C=C(C)[NH3+]. The number of phenolic OH excluding ortho intramolecular Hbond substituents is 1. The number of phenols is 1. The Morgan fingerprint density at radius 3 is 2.38 bits per heavy atom. The summed E-state index contributed by atoms with van der Waals surface area (Å²) in [5, 5.41) is 15.9. The predicted molar refractivity (Wildman–Crippen MR) is 110 cm³/mol. The average Bonchev–Trinajstić information content (AvgIpc) is 2.66. The van der Waals surface area contributed by atoms with Gasteiger partial charge < -0.3 is 26.4 Å². The molecular formula is C20H25N4O5+. The van der Waals surface area contributed by atoms with Gasteiger partial charge in [0.25, 0.3) is 16.8 Å². The molecule has 9 heteroatoms. The number of nitrogens with zero attached hydrogens (tertiary/aromatic N) is 1. The number of nitrogens with one attached hydrogen (secondary N) is 2. The van der Waals surface area contributed by atoms with E-state index in [1.807, 2.05) is 0 Å². The highest BCUT2D eigenvalue weighted by atomic mass is 16.3. The molecule has 0 saturated carbocycles. The molecule has 0 radical (unpaired) electrons. The molecule has 0 spiro atoms. The second-order valence-corrected chi connectivity index (χ2v) is 6.93. The van der Waals surface area contributed by atoms with Crippen molar-refractivity contribution in [2.45, 2.75) is 26.3 Å². The highest BCUT2D eigenvalue weighted by molar-refractivity contribution is 5.99. The van der Waals surface area contributed by atoms with Gasteiger partial charge in [-0.1, -0.05) is 13.0 Å². The summed E-state index contributed by atoms with van der Waals surface area (Å²) in [5.74, 6) is -1.02. The van der Waals surface area contributed by atoms with Crippen molar-refractivity contribution in [3.63, 3.8) is 0 Å². The maximum atomic E-state index is 12.3. The van der Waals surface area contributed by atoms with Gasteiger partial charge in [-0.2, -0.15) is 0 Å². The summed E-state index contributed by atoms with van der Waals surface area (Å²) in [7, 11) is 3.09. The zero-order chi connectivity index (χ0) is 21.9. The van der Waals surface area contributed by atoms with Gasteiger partial charge in [-0.05, 0) is 18.6 Å². The van der Waals surface area contributed by atoms with Crippen molar-refractivity contribution in [1.82, 2.24) is 4.90 Å². The Bertz CT molecular complexity index is 1040. The first-order valence-corrected chi connectivity index (χ1v) is 9.03. The Balaban J connectivity index is 2.35. The quantitative estimate of drug-likeness (QED) is 0.284. The zero-order valence-electron chi connectivity index (χ0n) is 16.8. The normalized spacial score (nSPS) is 12.5. The molecule has 0 bridgehead atoms. The fourth-order valence-electron chi connectivity index (χ4n) is 2.73. The molecule has 0 unspecified atom stereocenters. The summed E-state index contributed by atoms with van der Waals surface area (Å²) in [6.45, 7) is 3.45. The maximum Gasteiger partial charge on any atom is 0.257 e. The van der Waals surface area contributed by atoms with Crippen LogP contribution in [-0.2, 0) is 4.79 Å². The number of ketones is 1. The standard InChI is InChI=1S/C20H24N4O5/c1-5-12(14(25)9-10(2)21)22-15-16(19(28)18(15)27)23-13-8-6-7-11(17(13)26)20(29)24(3)4/h6-9,12,22-23,26H,5,21H2,1-4H3/p+1/t12-/m1/s1. The number of rotatable bonds is 8. The van der Waals surface area contributed by atoms with Crippen LogP contribution in [0.15, 0.2) is 39.6 Å². The number of para-hydroxylation sites is 1. The largest absolute Gasteiger partial charge is 0.505 e. The van der Waals surface area contributed by atoms with Gasteiger partial charge in [0.05, 0.1) is 17.3 Å². The van der Waals surface area contributed by atoms with Crippen LogP contribution in [0.25, 0.3) is 0 Å². The molecule has 0 heterocycles. The molecule has 2 aromatic rings. The van der Waals surface area contributed by atoms with Crippen LogP contribution in [0.3, 0.4) is 0 Å². The van der Waals surface area contributed by atoms with Gasteiger partial charge in [0.15, 0.2) is 11.5 Å². The Hall–Kier alpha value is -3.46. The Labute approximate surface area is 167 Å². The molecular weight excluding hydrogens is 376 g/mol. The highest BCUT2D eigenvalue weighted by Gasteiger charge is 2.26. The minimum absolute atomic E-state index is 0.0333. The van der Waals surface area contributed by atoms with Crippen LogP contribution in [0, 0.1) is 0 Å². The van der Waals surface area contributed by atoms with Gasteiger partial charge in [-0.15, -0.1) is 0 Å². The van der Waals surface area contributed by atoms with E-state index in [0.717, 1.165) is 0 Å². The number of quaternary nitrogens is 1. The van der Waals surface area contributed by atoms with Crippen LogP contribution in [0.1, 0.15) is 30.6 Å². The third-order valence-corrected chi connectivity index (χ3v) is 4.30. The third kappa shape index (κ3) is 4.52. The molecule has 0 aliphatic heterocycles. The van der Waals surface area contributed by atoms with Crippen molar-refractivity contribution >= 4 is 28.8 Å². The first-order valence-electron chi connectivity index (χ1n) is 9.03. The first-order chi connectivity index (χ1) is 13.6. The minimum Gasteiger partial charge on any atom is -0.505 e. The lowest BCUT2D eigenvalue weighted by molar-refractivity contribution is -0.301. The van der Waals surface area contributed by atoms with Gasteiger partial charge in [0, 0.05) is 27.1 Å². The summed E-state index contributed by atoms with van der Waals surface area (Å²) in [4.78, 5) is 49.8. The molecule has 6 N–H and O–H groups in total. The molecule has 0 aliphatic rings. The molecule has 0 aromatic heterocycles. The fourth-order valence-corrected chi connectivity index (χ4v) is 2.73. The highest BCUT2D eigenvalue weighted by Crippen LogP contribution is 2.32. The second kappa shape index (κ2) is 8.70. The van der Waals surface area contributed by atoms with Crippen LogP contribution in [0.5, 0.6) is 5.75 Å². The Morgan fingerprint density at radius 2 is 1.83 bits per heavy atom. The minimum atomic E-state index is -0.776. The monoisotopic (exact) mass is 401 g/mol. The average molecular weight is 401 g/mol. The van der Waals surface area contributed by atoms with E-state index in [9.17, 15) is 24.3 Å². The number of amides is 1. The second-order valence-electron chi connectivity index (χ2n) is 6.93. The number of hydrogen-bond donors (Lipinski definition) is 4. The molecule has 154 valence electrons. The van der Waals surface area contributed by atoms with E-state index in [1.165, 1.54) is 29.2 Å². The van der Waals surface area contributed by atoms with Crippen molar-refractivity contribution in [2.24, 2.45) is 0 Å². The fraction of sp³-hybridized carbons (Fsp3) is 0.300. The van der Waals surface area contributed by atoms with Crippen LogP contribution in [0.2, 0.25) is 0 Å². The van der Waals surface area contributed by atoms with Crippen molar-refractivity contribution in [1.29, 1.82) is 0 Å². The van der Waals surface area contributed by atoms with Gasteiger partial charge in [-0.3, -0.25) is 19.2 Å². The molecule has 1 amide bonds. The smallest absolute Gasteiger partial charge is 0.257 e. The van der Waals surface area contributed by atoms with E-state index in [1.54, 1.807) is 27.9 Å². The van der Waals surface area contributed by atoms with Crippen LogP contribution in [0.4, 0.5) is 17.1 Å². The predicted octanol–water partition coefficient (Wildman–Crippen LogP) is 0.339. The van der Waals surface area contributed by atoms with Crippen molar-refractivity contribution in [3.05, 3.63) is 56.0 Å². The molecule has 0 fully saturated rings. The third-order valence-electron chi connectivity index (χ3n) is 4.30. The van der Waals surface area contributed by atoms with E-state index in [4.69, 9.17) is 0 Å². The van der Waals surface area contributed by atoms with Crippen molar-refractivity contribution in [3.8, 4) is 5.75 Å². The topological polar surface area (TPSA) is 143 Å². The van der Waals surface area contributed by atoms with Gasteiger partial charge in [0.1, 0.15) is 17.1 Å². The van der Waals surface area contributed by atoms with Crippen LogP contribution >= 0.6 is 0 Å². The van der Waals surface area contributed by atoms with E-state index >= 15 is 0 Å². The van der Waals surface area contributed by atoms with Gasteiger partial charge >= 0.3 is 0 Å². The number of benzene rings is 1. The summed E-state index contributed by atoms with van der Waals surface area (Å²) in [5.41, 5.74) is 2.75. The van der Waals surface area contributed by atoms with Crippen molar-refractivity contribution < 1.29 is 20.4 Å². The molecule has 9 nitrogen and oxygen atoms in total. The molecule has 0 aliphatic carbocycles. The number of carbonyl (C=O) groups is 2. The van der Waals surface area contributed by atoms with Crippen molar-refractivity contribution in [2.75, 3.05) is 24.7 Å². The lowest BCUT2D eigenvalue weighted by Gasteiger charge is -2.20. The lowest BCUT2D eigenvalue weighted by Crippen LogP contribution is -2.47. The maximum absolute atomic E-state index is 12.3. The Morgan fingerprint density at radius 1 is 1.21 bits per heavy atom. The number of allylic oxidation sites excluding steroid dienone is 1. The lowest BCUT2D eigenvalue weighted by atomic mass is 10.1. The number of carbonyl (C=O) groups excluding carboxylic acids is 2. The van der Waals surface area contributed by atoms with Crippen LogP contribution < -0.4 is 27.2 Å². The summed E-state index contributed by atoms with van der Waals surface area (Å²) in [6, 6.07) is 3.76. The molecule has 2 aromatic carbocycles. The summed E-state index contributed by atoms with van der Waals surface area (Å²) in [6.07, 6.45) is 1.75. The van der Waals surface area contributed by atoms with Gasteiger partial charge in [0.2, 0.25) is 0 Å². The van der Waals surface area contributed by atoms with E-state index in [0.29, 0.717) is 12.1 Å². The first kappa shape index (κ1) is 21.8. The zero-order valence-corrected chi connectivity index (χ0v) is 16.8. The van der Waals surface area contributed by atoms with E-state index in [-0.39, 0.29) is 34.2 Å². The summed E-state index contributed by atoms with van der Waals surface area (Å²) < 4.78 is 0. The number of anilines is 3.